The SMILES string of the molecule is CCCNC(c1cccnc1)C1CCC(C(C)C)CC1. The molecule has 1 aliphatic carbocycles. The largest absolute Gasteiger partial charge is 0.310 e. The molecule has 0 amide bonds. The number of nitrogens with one attached hydrogen (secondary N) is 1. The normalized spacial score (nSPS) is 24.8. The highest BCUT2D eigenvalue weighted by molar-refractivity contribution is 5.15. The molecule has 1 saturated carbocycles. The lowest BCUT2D eigenvalue weighted by atomic mass is 9.73. The molecule has 1 atom stereocenters. The van der Waals surface area contributed by atoms with Crippen molar-refractivity contribution in [2.24, 2.45) is 17.8 Å². The van der Waals surface area contributed by atoms with Gasteiger partial charge in [0.15, 0.2) is 0 Å². The average Bonchev–Trinajstić information content (AvgIpc) is 2.49. The van der Waals surface area contributed by atoms with Gasteiger partial charge in [0.05, 0.1) is 0 Å². The second-order valence-electron chi connectivity index (χ2n) is 6.64. The lowest BCUT2D eigenvalue weighted by Crippen LogP contribution is -2.32. The van der Waals surface area contributed by atoms with Crippen LogP contribution in [0, 0.1) is 17.8 Å². The Hall–Kier alpha value is -0.890. The van der Waals surface area contributed by atoms with E-state index in [9.17, 15) is 0 Å². The summed E-state index contributed by atoms with van der Waals surface area (Å²) >= 11 is 0. The van der Waals surface area contributed by atoms with Crippen LogP contribution in [0.4, 0.5) is 0 Å². The minimum atomic E-state index is 0.497. The van der Waals surface area contributed by atoms with E-state index in [0.29, 0.717) is 6.04 Å². The van der Waals surface area contributed by atoms with Crippen LogP contribution in [0.1, 0.15) is 64.5 Å². The third kappa shape index (κ3) is 4.05. The molecule has 2 nitrogen and oxygen atoms in total. The summed E-state index contributed by atoms with van der Waals surface area (Å²) in [7, 11) is 0. The summed E-state index contributed by atoms with van der Waals surface area (Å²) in [5.41, 5.74) is 1.37. The molecule has 1 aliphatic rings. The van der Waals surface area contributed by atoms with Crippen molar-refractivity contribution in [2.75, 3.05) is 6.54 Å². The quantitative estimate of drug-likeness (QED) is 0.821. The highest BCUT2D eigenvalue weighted by Crippen LogP contribution is 2.39. The third-order valence-electron chi connectivity index (χ3n) is 4.89. The molecule has 0 aromatic carbocycles. The zero-order valence-electron chi connectivity index (χ0n) is 13.3. The van der Waals surface area contributed by atoms with E-state index < -0.39 is 0 Å². The summed E-state index contributed by atoms with van der Waals surface area (Å²) in [5.74, 6) is 2.56. The molecule has 2 heteroatoms. The van der Waals surface area contributed by atoms with E-state index in [-0.39, 0.29) is 0 Å². The van der Waals surface area contributed by atoms with Crippen LogP contribution < -0.4 is 5.32 Å². The lowest BCUT2D eigenvalue weighted by Gasteiger charge is -2.36. The summed E-state index contributed by atoms with van der Waals surface area (Å²) in [6, 6.07) is 4.79. The maximum Gasteiger partial charge on any atom is 0.0363 e. The molecule has 0 saturated heterocycles. The molecule has 1 N–H and O–H groups in total. The van der Waals surface area contributed by atoms with Crippen LogP contribution in [0.15, 0.2) is 24.5 Å². The summed E-state index contributed by atoms with van der Waals surface area (Å²) in [4.78, 5) is 4.31. The molecule has 0 spiro atoms. The Kier molecular flexibility index (Phi) is 6.03. The maximum absolute atomic E-state index is 4.31. The van der Waals surface area contributed by atoms with Crippen molar-refractivity contribution in [3.8, 4) is 0 Å². The predicted octanol–water partition coefficient (Wildman–Crippen LogP) is 4.58. The average molecular weight is 274 g/mol. The van der Waals surface area contributed by atoms with Crippen LogP contribution in [-0.4, -0.2) is 11.5 Å². The molecule has 0 radical (unpaired) electrons. The molecule has 2 rings (SSSR count). The third-order valence-corrected chi connectivity index (χ3v) is 4.89. The zero-order valence-corrected chi connectivity index (χ0v) is 13.3. The maximum atomic E-state index is 4.31. The van der Waals surface area contributed by atoms with Crippen LogP contribution in [0.25, 0.3) is 0 Å². The van der Waals surface area contributed by atoms with Crippen LogP contribution in [0.5, 0.6) is 0 Å². The molecule has 1 fully saturated rings. The van der Waals surface area contributed by atoms with E-state index in [1.54, 1.807) is 0 Å². The van der Waals surface area contributed by atoms with E-state index in [1.807, 2.05) is 12.4 Å². The molecule has 0 bridgehead atoms. The van der Waals surface area contributed by atoms with Crippen molar-refractivity contribution in [3.05, 3.63) is 30.1 Å². The Labute approximate surface area is 124 Å². The van der Waals surface area contributed by atoms with Gasteiger partial charge in [0.25, 0.3) is 0 Å². The van der Waals surface area contributed by atoms with E-state index in [2.05, 4.69) is 43.2 Å². The first kappa shape index (κ1) is 15.5. The number of hydrogen-bond acceptors (Lipinski definition) is 2. The van der Waals surface area contributed by atoms with Gasteiger partial charge >= 0.3 is 0 Å². The predicted molar refractivity (Wildman–Crippen MR) is 85.6 cm³/mol. The second-order valence-corrected chi connectivity index (χ2v) is 6.64. The molecule has 1 heterocycles. The highest BCUT2D eigenvalue weighted by atomic mass is 14.9. The van der Waals surface area contributed by atoms with E-state index in [1.165, 1.54) is 37.7 Å². The fourth-order valence-corrected chi connectivity index (χ4v) is 3.56. The number of pyridine rings is 1. The molecule has 112 valence electrons. The van der Waals surface area contributed by atoms with Crippen molar-refractivity contribution < 1.29 is 0 Å². The first-order chi connectivity index (χ1) is 9.72. The minimum Gasteiger partial charge on any atom is -0.310 e. The highest BCUT2D eigenvalue weighted by Gasteiger charge is 2.29. The van der Waals surface area contributed by atoms with Crippen molar-refractivity contribution in [1.29, 1.82) is 0 Å². The van der Waals surface area contributed by atoms with Gasteiger partial charge in [0.2, 0.25) is 0 Å². The van der Waals surface area contributed by atoms with Gasteiger partial charge in [-0.15, -0.1) is 0 Å². The zero-order chi connectivity index (χ0) is 14.4. The number of hydrogen-bond donors (Lipinski definition) is 1. The summed E-state index contributed by atoms with van der Waals surface area (Å²) < 4.78 is 0. The van der Waals surface area contributed by atoms with E-state index in [4.69, 9.17) is 0 Å². The number of nitrogens with zero attached hydrogens (tertiary/aromatic N) is 1. The summed E-state index contributed by atoms with van der Waals surface area (Å²) in [5, 5.41) is 3.76. The van der Waals surface area contributed by atoms with Gasteiger partial charge < -0.3 is 5.32 Å². The van der Waals surface area contributed by atoms with Crippen LogP contribution >= 0.6 is 0 Å². The van der Waals surface area contributed by atoms with Crippen LogP contribution in [-0.2, 0) is 0 Å². The molecule has 20 heavy (non-hydrogen) atoms. The summed E-state index contributed by atoms with van der Waals surface area (Å²) in [6.45, 7) is 8.09. The molecule has 1 aromatic rings. The Morgan fingerprint density at radius 3 is 2.45 bits per heavy atom. The number of rotatable bonds is 6. The molecule has 0 aliphatic heterocycles. The van der Waals surface area contributed by atoms with E-state index >= 15 is 0 Å². The minimum absolute atomic E-state index is 0.497. The van der Waals surface area contributed by atoms with Crippen LogP contribution in [0.3, 0.4) is 0 Å². The van der Waals surface area contributed by atoms with Gasteiger partial charge in [0.1, 0.15) is 0 Å². The van der Waals surface area contributed by atoms with Gasteiger partial charge in [-0.05, 0) is 68.0 Å². The Balaban J connectivity index is 2.01. The first-order valence-corrected chi connectivity index (χ1v) is 8.35. The standard InChI is InChI=1S/C18H30N2/c1-4-11-20-18(17-6-5-12-19-13-17)16-9-7-15(8-10-16)14(2)3/h5-6,12-16,18,20H,4,7-11H2,1-3H3. The second kappa shape index (κ2) is 7.78. The Bertz CT molecular complexity index is 366. The molecular formula is C18H30N2. The summed E-state index contributed by atoms with van der Waals surface area (Å²) in [6.07, 6.45) is 10.6. The van der Waals surface area contributed by atoms with Crippen molar-refractivity contribution >= 4 is 0 Å². The molecule has 1 unspecified atom stereocenters. The molecular weight excluding hydrogens is 244 g/mol. The fourth-order valence-electron chi connectivity index (χ4n) is 3.56. The van der Waals surface area contributed by atoms with Crippen LogP contribution in [0.2, 0.25) is 0 Å². The lowest BCUT2D eigenvalue weighted by molar-refractivity contribution is 0.189. The van der Waals surface area contributed by atoms with Crippen molar-refractivity contribution in [3.63, 3.8) is 0 Å². The smallest absolute Gasteiger partial charge is 0.0363 e. The van der Waals surface area contributed by atoms with Crippen molar-refractivity contribution in [1.82, 2.24) is 10.3 Å². The topological polar surface area (TPSA) is 24.9 Å². The van der Waals surface area contributed by atoms with E-state index in [0.717, 1.165) is 24.3 Å². The van der Waals surface area contributed by atoms with Gasteiger partial charge in [0, 0.05) is 18.4 Å². The first-order valence-electron chi connectivity index (χ1n) is 8.35. The monoisotopic (exact) mass is 274 g/mol. The molecule has 1 aromatic heterocycles. The number of aromatic nitrogens is 1. The van der Waals surface area contributed by atoms with Crippen molar-refractivity contribution in [2.45, 2.75) is 58.9 Å². The van der Waals surface area contributed by atoms with Gasteiger partial charge in [-0.2, -0.15) is 0 Å². The Morgan fingerprint density at radius 1 is 1.20 bits per heavy atom. The van der Waals surface area contributed by atoms with Gasteiger partial charge in [-0.3, -0.25) is 4.98 Å². The fraction of sp³-hybridized carbons (Fsp3) is 0.722. The Morgan fingerprint density at radius 2 is 1.90 bits per heavy atom. The van der Waals surface area contributed by atoms with Gasteiger partial charge in [-0.25, -0.2) is 0 Å². The van der Waals surface area contributed by atoms with Gasteiger partial charge in [-0.1, -0.05) is 26.8 Å².